The molecule has 0 amide bonds. The van der Waals surface area contributed by atoms with Gasteiger partial charge in [0.1, 0.15) is 34.6 Å². The zero-order valence-corrected chi connectivity index (χ0v) is 29.5. The molecular weight excluding hydrogens is 659 g/mol. The Kier molecular flexibility index (Phi) is 16.0. The van der Waals surface area contributed by atoms with Gasteiger partial charge in [-0.15, -0.1) is 11.5 Å². The quantitative estimate of drug-likeness (QED) is 0.0567. The first-order valence-electron chi connectivity index (χ1n) is 14.9. The van der Waals surface area contributed by atoms with Crippen LogP contribution < -0.4 is 10.6 Å². The molecule has 4 aromatic heterocycles. The van der Waals surface area contributed by atoms with Crippen LogP contribution in [0.2, 0.25) is 10.3 Å². The van der Waals surface area contributed by atoms with E-state index >= 15 is 0 Å². The van der Waals surface area contributed by atoms with Crippen molar-refractivity contribution in [1.29, 1.82) is 0 Å². The summed E-state index contributed by atoms with van der Waals surface area (Å²) in [7, 11) is 0. The summed E-state index contributed by atoms with van der Waals surface area (Å²) >= 11 is 12.0. The molecule has 14 nitrogen and oxygen atoms in total. The lowest BCUT2D eigenvalue weighted by molar-refractivity contribution is -0.141. The molecule has 4 heterocycles. The summed E-state index contributed by atoms with van der Waals surface area (Å²) in [5.74, 6) is 3.34. The Balaban J connectivity index is 0.000000285. The van der Waals surface area contributed by atoms with Gasteiger partial charge in [-0.05, 0) is 79.7 Å². The van der Waals surface area contributed by atoms with Crippen LogP contribution >= 0.6 is 23.2 Å². The molecule has 0 aliphatic rings. The van der Waals surface area contributed by atoms with Gasteiger partial charge < -0.3 is 20.1 Å². The van der Waals surface area contributed by atoms with Gasteiger partial charge >= 0.3 is 11.9 Å². The fourth-order valence-corrected chi connectivity index (χ4v) is 3.90. The van der Waals surface area contributed by atoms with Crippen molar-refractivity contribution in [3.63, 3.8) is 0 Å². The molecule has 0 saturated heterocycles. The number of terminal acetylenes is 1. The summed E-state index contributed by atoms with van der Waals surface area (Å²) in [6, 6.07) is 7.66. The number of H-pyrrole nitrogens is 1. The van der Waals surface area contributed by atoms with E-state index in [0.717, 1.165) is 16.9 Å². The second-order valence-corrected chi connectivity index (χ2v) is 11.8. The van der Waals surface area contributed by atoms with E-state index < -0.39 is 11.9 Å². The summed E-state index contributed by atoms with van der Waals surface area (Å²) in [5, 5.41) is 18.0. The van der Waals surface area contributed by atoms with E-state index in [0.29, 0.717) is 33.8 Å². The van der Waals surface area contributed by atoms with Crippen molar-refractivity contribution < 1.29 is 19.1 Å². The number of ether oxygens (including phenoxy) is 2. The third kappa shape index (κ3) is 15.1. The predicted molar refractivity (Wildman–Crippen MR) is 187 cm³/mol. The zero-order valence-electron chi connectivity index (χ0n) is 28.0. The summed E-state index contributed by atoms with van der Waals surface area (Å²) < 4.78 is 11.0. The van der Waals surface area contributed by atoms with Crippen LogP contribution in [-0.4, -0.2) is 76.1 Å². The summed E-state index contributed by atoms with van der Waals surface area (Å²) in [4.78, 5) is 38.3. The van der Waals surface area contributed by atoms with Gasteiger partial charge in [-0.1, -0.05) is 23.2 Å². The molecule has 48 heavy (non-hydrogen) atoms. The normalized spacial score (nSPS) is 10.7. The van der Waals surface area contributed by atoms with Crippen molar-refractivity contribution in [2.24, 2.45) is 0 Å². The summed E-state index contributed by atoms with van der Waals surface area (Å²) in [6.07, 6.45) is 10.2. The lowest BCUT2D eigenvalue weighted by Gasteiger charge is -2.10. The maximum Gasteiger partial charge on any atom is 0.384 e. The molecular formula is C32H40Cl2N10O4. The molecule has 16 heteroatoms. The maximum atomic E-state index is 11.5. The van der Waals surface area contributed by atoms with Gasteiger partial charge in [0, 0.05) is 41.4 Å². The Hall–Kier alpha value is -5.00. The Morgan fingerprint density at radius 3 is 1.92 bits per heavy atom. The lowest BCUT2D eigenvalue weighted by Crippen LogP contribution is -2.11. The van der Waals surface area contributed by atoms with Crippen LogP contribution in [0.4, 0.5) is 11.6 Å². The van der Waals surface area contributed by atoms with Crippen LogP contribution in [0.1, 0.15) is 55.4 Å². The van der Waals surface area contributed by atoms with Gasteiger partial charge in [-0.25, -0.2) is 34.2 Å². The van der Waals surface area contributed by atoms with Gasteiger partial charge in [0.2, 0.25) is 0 Å². The molecule has 0 fully saturated rings. The first kappa shape index (κ1) is 39.2. The highest BCUT2D eigenvalue weighted by atomic mass is 35.5. The van der Waals surface area contributed by atoms with Gasteiger partial charge in [-0.3, -0.25) is 5.10 Å². The van der Waals surface area contributed by atoms with E-state index in [2.05, 4.69) is 50.6 Å². The highest BCUT2D eigenvalue weighted by Gasteiger charge is 2.10. The topological polar surface area (TPSA) is 175 Å². The number of aromatic amines is 1. The van der Waals surface area contributed by atoms with Crippen LogP contribution in [0.3, 0.4) is 0 Å². The number of anilines is 2. The van der Waals surface area contributed by atoms with Crippen LogP contribution in [0.25, 0.3) is 29.0 Å². The van der Waals surface area contributed by atoms with Gasteiger partial charge in [0.25, 0.3) is 0 Å². The number of carbonyl (C=O) groups excluding carboxylic acids is 2. The molecule has 4 rings (SSSR count). The number of esters is 2. The summed E-state index contributed by atoms with van der Waals surface area (Å²) in [5.41, 5.74) is 1.59. The molecule has 0 aliphatic carbocycles. The number of pyridine rings is 2. The van der Waals surface area contributed by atoms with Crippen molar-refractivity contribution in [2.75, 3.05) is 10.6 Å². The highest BCUT2D eigenvalue weighted by Crippen LogP contribution is 2.23. The zero-order chi connectivity index (χ0) is 35.8. The van der Waals surface area contributed by atoms with Crippen molar-refractivity contribution >= 4 is 53.0 Å². The van der Waals surface area contributed by atoms with Gasteiger partial charge in [0.05, 0.1) is 12.2 Å². The molecule has 0 aliphatic heterocycles. The van der Waals surface area contributed by atoms with Crippen LogP contribution in [-0.2, 0) is 19.1 Å². The number of hydrogen-bond acceptors (Lipinski definition) is 12. The Bertz CT molecular complexity index is 1680. The Morgan fingerprint density at radius 2 is 1.44 bits per heavy atom. The van der Waals surface area contributed by atoms with Crippen molar-refractivity contribution in [3.8, 4) is 35.1 Å². The second kappa shape index (κ2) is 19.6. The highest BCUT2D eigenvalue weighted by molar-refractivity contribution is 6.30. The smallest absolute Gasteiger partial charge is 0.384 e. The second-order valence-electron chi connectivity index (χ2n) is 11.0. The van der Waals surface area contributed by atoms with Gasteiger partial charge in [0.15, 0.2) is 11.6 Å². The average molecular weight is 700 g/mol. The van der Waals surface area contributed by atoms with E-state index in [4.69, 9.17) is 34.4 Å². The standard InChI is InChI=1S/C16H20ClN5O2.C10H12ClN5.C6H8O2/c1-10(2)19-14-8-12(7-13(17)20-14)16-18-9-22(21-16)6-5-15(23)24-11(3)4;1-6(2)14-9-4-7(3-8(11)15-9)10-12-5-13-16-10;1-4-6(7)8-5(2)3/h5-11H,1-4H3,(H,19,20);3-6H,1-2H3,(H,14,15)(H,12,13,16);1,5H,2-3H3/b6-5-;;. The number of aromatic nitrogens is 8. The molecule has 0 spiro atoms. The number of halogens is 2. The number of rotatable bonds is 10. The monoisotopic (exact) mass is 698 g/mol. The minimum atomic E-state index is -0.597. The molecule has 4 aromatic rings. The minimum absolute atomic E-state index is 0.112. The lowest BCUT2D eigenvalue weighted by atomic mass is 10.2. The largest absolute Gasteiger partial charge is 0.460 e. The van der Waals surface area contributed by atoms with Crippen LogP contribution in [0, 0.1) is 12.3 Å². The maximum absolute atomic E-state index is 11.5. The molecule has 3 N–H and O–H groups in total. The van der Waals surface area contributed by atoms with Crippen molar-refractivity contribution in [1.82, 2.24) is 39.9 Å². The number of nitrogens with zero attached hydrogens (tertiary/aromatic N) is 7. The number of nitrogens with one attached hydrogen (secondary N) is 3. The number of hydrogen-bond donors (Lipinski definition) is 3. The Morgan fingerprint density at radius 1 is 0.875 bits per heavy atom. The first-order chi connectivity index (χ1) is 22.6. The van der Waals surface area contributed by atoms with E-state index in [1.54, 1.807) is 39.8 Å². The van der Waals surface area contributed by atoms with E-state index in [1.165, 1.54) is 29.6 Å². The fourth-order valence-electron chi connectivity index (χ4n) is 3.48. The Labute approximate surface area is 290 Å². The number of carbonyl (C=O) groups is 2. The van der Waals surface area contributed by atoms with E-state index in [-0.39, 0.29) is 18.2 Å². The van der Waals surface area contributed by atoms with Crippen molar-refractivity contribution in [2.45, 2.75) is 79.7 Å². The van der Waals surface area contributed by atoms with Gasteiger partial charge in [-0.2, -0.15) is 5.10 Å². The molecule has 256 valence electrons. The predicted octanol–water partition coefficient (Wildman–Crippen LogP) is 6.15. The molecule has 0 aromatic carbocycles. The third-order valence-electron chi connectivity index (χ3n) is 5.09. The minimum Gasteiger partial charge on any atom is -0.460 e. The molecule has 0 unspecified atom stereocenters. The molecule has 0 bridgehead atoms. The van der Waals surface area contributed by atoms with Crippen LogP contribution in [0.15, 0.2) is 43.0 Å². The van der Waals surface area contributed by atoms with Crippen LogP contribution in [0.5, 0.6) is 0 Å². The van der Waals surface area contributed by atoms with Crippen molar-refractivity contribution in [3.05, 3.63) is 53.3 Å². The summed E-state index contributed by atoms with van der Waals surface area (Å²) in [6.45, 7) is 15.2. The molecule has 0 radical (unpaired) electrons. The first-order valence-corrected chi connectivity index (χ1v) is 15.6. The SMILES string of the molecule is C#CC(=O)OC(C)C.CC(C)Nc1cc(-c2ncn(/C=C\C(=O)OC(C)C)n2)cc(Cl)n1.CC(C)Nc1cc(-c2ncn[nH]2)cc(Cl)n1. The third-order valence-corrected chi connectivity index (χ3v) is 5.48. The molecule has 0 saturated carbocycles. The molecule has 0 atom stereocenters. The fraction of sp³-hybridized carbons (Fsp3) is 0.375. The average Bonchev–Trinajstić information content (AvgIpc) is 3.68. The van der Waals surface area contributed by atoms with E-state index in [9.17, 15) is 9.59 Å². The van der Waals surface area contributed by atoms with E-state index in [1.807, 2.05) is 45.7 Å².